The lowest BCUT2D eigenvalue weighted by Crippen LogP contribution is -2.51. The highest BCUT2D eigenvalue weighted by Gasteiger charge is 2.46. The maximum Gasteiger partial charge on any atom is 0.179 e. The molecule has 4 nitrogen and oxygen atoms in total. The van der Waals surface area contributed by atoms with Gasteiger partial charge < -0.3 is 14.6 Å². The van der Waals surface area contributed by atoms with Gasteiger partial charge in [0.25, 0.3) is 0 Å². The van der Waals surface area contributed by atoms with Gasteiger partial charge in [0.1, 0.15) is 11.2 Å². The van der Waals surface area contributed by atoms with Crippen molar-refractivity contribution in [3.63, 3.8) is 0 Å². The molecule has 19 heavy (non-hydrogen) atoms. The number of aliphatic hydroxyl groups excluding tert-OH is 1. The van der Waals surface area contributed by atoms with Crippen LogP contribution in [0.1, 0.15) is 35.7 Å². The first-order valence-corrected chi connectivity index (χ1v) is 6.45. The number of aliphatic hydroxyl groups is 1. The molecule has 1 aliphatic rings. The highest BCUT2D eigenvalue weighted by molar-refractivity contribution is 6.03. The molecule has 104 valence electrons. The van der Waals surface area contributed by atoms with Crippen molar-refractivity contribution in [2.75, 3.05) is 26.9 Å². The Morgan fingerprint density at radius 3 is 2.58 bits per heavy atom. The summed E-state index contributed by atoms with van der Waals surface area (Å²) in [6, 6.07) is 5.64. The smallest absolute Gasteiger partial charge is 0.179 e. The third kappa shape index (κ3) is 2.38. The molecule has 1 aromatic carbocycles. The maximum atomic E-state index is 12.6. The minimum atomic E-state index is -0.789. The fourth-order valence-electron chi connectivity index (χ4n) is 2.19. The van der Waals surface area contributed by atoms with E-state index in [1.165, 1.54) is 0 Å². The van der Waals surface area contributed by atoms with E-state index < -0.39 is 5.41 Å². The number of ether oxygens (including phenoxy) is 2. The number of rotatable bonds is 5. The van der Waals surface area contributed by atoms with E-state index in [0.29, 0.717) is 17.2 Å². The van der Waals surface area contributed by atoms with Crippen LogP contribution in [0.25, 0.3) is 0 Å². The zero-order valence-corrected chi connectivity index (χ0v) is 11.6. The Kier molecular flexibility index (Phi) is 3.92. The fraction of sp³-hybridized carbons (Fsp3) is 0.533. The zero-order valence-electron chi connectivity index (χ0n) is 11.6. The van der Waals surface area contributed by atoms with E-state index in [1.54, 1.807) is 7.11 Å². The number of benzene rings is 1. The summed E-state index contributed by atoms with van der Waals surface area (Å²) in [5.41, 5.74) is 0.826. The molecule has 1 fully saturated rings. The molecule has 1 aromatic rings. The van der Waals surface area contributed by atoms with E-state index in [1.807, 2.05) is 18.2 Å². The van der Waals surface area contributed by atoms with Crippen molar-refractivity contribution in [3.05, 3.63) is 29.3 Å². The number of carbonyl (C=O) groups is 1. The van der Waals surface area contributed by atoms with Gasteiger partial charge in [0, 0.05) is 0 Å². The van der Waals surface area contributed by atoms with Gasteiger partial charge in [-0.05, 0) is 23.6 Å². The standard InChI is InChI=1S/C15H20O4/c1-10(2)11-4-5-13(18-3)12(6-11)14(17)15(7-16)8-19-9-15/h4-6,10,16H,7-9H2,1-3H3. The predicted molar refractivity (Wildman–Crippen MR) is 71.8 cm³/mol. The van der Waals surface area contributed by atoms with E-state index >= 15 is 0 Å². The van der Waals surface area contributed by atoms with Gasteiger partial charge in [0.15, 0.2) is 5.78 Å². The second-order valence-corrected chi connectivity index (χ2v) is 5.37. The first-order chi connectivity index (χ1) is 9.04. The lowest BCUT2D eigenvalue weighted by molar-refractivity contribution is -0.109. The number of methoxy groups -OCH3 is 1. The lowest BCUT2D eigenvalue weighted by Gasteiger charge is -2.38. The van der Waals surface area contributed by atoms with Crippen LogP contribution in [0.15, 0.2) is 18.2 Å². The molecule has 0 aromatic heterocycles. The van der Waals surface area contributed by atoms with Gasteiger partial charge in [-0.15, -0.1) is 0 Å². The Morgan fingerprint density at radius 2 is 2.16 bits per heavy atom. The maximum absolute atomic E-state index is 12.6. The molecule has 0 spiro atoms. The Balaban J connectivity index is 2.41. The van der Waals surface area contributed by atoms with E-state index in [0.717, 1.165) is 5.56 Å². The minimum Gasteiger partial charge on any atom is -0.496 e. The molecule has 0 aliphatic carbocycles. The van der Waals surface area contributed by atoms with Crippen LogP contribution < -0.4 is 4.74 Å². The summed E-state index contributed by atoms with van der Waals surface area (Å²) in [6.07, 6.45) is 0. The first-order valence-electron chi connectivity index (χ1n) is 6.45. The second-order valence-electron chi connectivity index (χ2n) is 5.37. The molecule has 0 atom stereocenters. The van der Waals surface area contributed by atoms with Gasteiger partial charge in [0.05, 0.1) is 32.5 Å². The second kappa shape index (κ2) is 5.31. The molecule has 0 radical (unpaired) electrons. The molecular formula is C15H20O4. The van der Waals surface area contributed by atoms with Crippen molar-refractivity contribution < 1.29 is 19.4 Å². The Labute approximate surface area is 113 Å². The van der Waals surface area contributed by atoms with Crippen molar-refractivity contribution in [2.24, 2.45) is 5.41 Å². The zero-order chi connectivity index (χ0) is 14.0. The van der Waals surface area contributed by atoms with Gasteiger partial charge in [-0.3, -0.25) is 4.79 Å². The number of ketones is 1. The summed E-state index contributed by atoms with van der Waals surface area (Å²) in [5, 5.41) is 9.47. The largest absolute Gasteiger partial charge is 0.496 e. The van der Waals surface area contributed by atoms with Crippen molar-refractivity contribution in [1.29, 1.82) is 0 Å². The summed E-state index contributed by atoms with van der Waals surface area (Å²) in [6.45, 7) is 4.50. The van der Waals surface area contributed by atoms with Crippen molar-refractivity contribution in [1.82, 2.24) is 0 Å². The summed E-state index contributed by atoms with van der Waals surface area (Å²) >= 11 is 0. The van der Waals surface area contributed by atoms with Crippen molar-refractivity contribution in [2.45, 2.75) is 19.8 Å². The molecule has 1 saturated heterocycles. The average Bonchev–Trinajstić information content (AvgIpc) is 2.37. The summed E-state index contributed by atoms with van der Waals surface area (Å²) < 4.78 is 10.4. The third-order valence-electron chi connectivity index (χ3n) is 3.68. The quantitative estimate of drug-likeness (QED) is 0.827. The van der Waals surface area contributed by atoms with Gasteiger partial charge >= 0.3 is 0 Å². The molecule has 1 aliphatic heterocycles. The summed E-state index contributed by atoms with van der Waals surface area (Å²) in [7, 11) is 1.55. The topological polar surface area (TPSA) is 55.8 Å². The van der Waals surface area contributed by atoms with E-state index in [-0.39, 0.29) is 25.6 Å². The lowest BCUT2D eigenvalue weighted by atomic mass is 9.78. The van der Waals surface area contributed by atoms with Gasteiger partial charge in [0.2, 0.25) is 0 Å². The Hall–Kier alpha value is -1.39. The number of hydrogen-bond acceptors (Lipinski definition) is 4. The Morgan fingerprint density at radius 1 is 1.47 bits per heavy atom. The SMILES string of the molecule is COc1ccc(C(C)C)cc1C(=O)C1(CO)COC1. The highest BCUT2D eigenvalue weighted by Crippen LogP contribution is 2.35. The molecule has 0 unspecified atom stereocenters. The van der Waals surface area contributed by atoms with E-state index in [4.69, 9.17) is 9.47 Å². The number of Topliss-reactive ketones (excluding diaryl/α,β-unsaturated/α-hetero) is 1. The van der Waals surface area contributed by atoms with Crippen LogP contribution in [-0.4, -0.2) is 37.8 Å². The molecule has 0 bridgehead atoms. The summed E-state index contributed by atoms with van der Waals surface area (Å²) in [4.78, 5) is 12.6. The van der Waals surface area contributed by atoms with E-state index in [9.17, 15) is 9.90 Å². The molecule has 1 heterocycles. The van der Waals surface area contributed by atoms with Crippen LogP contribution in [0.4, 0.5) is 0 Å². The monoisotopic (exact) mass is 264 g/mol. The minimum absolute atomic E-state index is 0.0967. The third-order valence-corrected chi connectivity index (χ3v) is 3.68. The van der Waals surface area contributed by atoms with Gasteiger partial charge in [-0.1, -0.05) is 19.9 Å². The summed E-state index contributed by atoms with van der Waals surface area (Å²) in [5.74, 6) is 0.787. The normalized spacial score (nSPS) is 17.1. The van der Waals surface area contributed by atoms with Crippen molar-refractivity contribution in [3.8, 4) is 5.75 Å². The fourth-order valence-corrected chi connectivity index (χ4v) is 2.19. The van der Waals surface area contributed by atoms with Crippen LogP contribution in [0, 0.1) is 5.41 Å². The number of hydrogen-bond donors (Lipinski definition) is 1. The van der Waals surface area contributed by atoms with Gasteiger partial charge in [-0.25, -0.2) is 0 Å². The van der Waals surface area contributed by atoms with Gasteiger partial charge in [-0.2, -0.15) is 0 Å². The molecule has 1 N–H and O–H groups in total. The predicted octanol–water partition coefficient (Wildman–Crippen LogP) is 2.01. The molecule has 0 amide bonds. The van der Waals surface area contributed by atoms with E-state index in [2.05, 4.69) is 13.8 Å². The Bertz CT molecular complexity index is 470. The van der Waals surface area contributed by atoms with Crippen LogP contribution in [0.5, 0.6) is 5.75 Å². The van der Waals surface area contributed by atoms with Crippen LogP contribution in [0.3, 0.4) is 0 Å². The van der Waals surface area contributed by atoms with Crippen molar-refractivity contribution >= 4 is 5.78 Å². The average molecular weight is 264 g/mol. The van der Waals surface area contributed by atoms with Crippen LogP contribution in [0.2, 0.25) is 0 Å². The number of carbonyl (C=O) groups excluding carboxylic acids is 1. The molecular weight excluding hydrogens is 244 g/mol. The van der Waals surface area contributed by atoms with Crippen LogP contribution in [-0.2, 0) is 4.74 Å². The first kappa shape index (κ1) is 14.0. The van der Waals surface area contributed by atoms with Crippen LogP contribution >= 0.6 is 0 Å². The molecule has 0 saturated carbocycles. The molecule has 2 rings (SSSR count). The highest BCUT2D eigenvalue weighted by atomic mass is 16.5. The molecule has 4 heteroatoms.